The number of hydrogen-bond donors (Lipinski definition) is 0. The fraction of sp³-hybridized carbons (Fsp3) is 0.375. The van der Waals surface area contributed by atoms with E-state index in [1.54, 1.807) is 47.2 Å². The van der Waals surface area contributed by atoms with E-state index in [1.807, 2.05) is 24.3 Å². The van der Waals surface area contributed by atoms with E-state index in [-0.39, 0.29) is 49.3 Å². The van der Waals surface area contributed by atoms with Gasteiger partial charge in [0.2, 0.25) is 11.8 Å². The third-order valence-corrected chi connectivity index (χ3v) is 10.9. The third kappa shape index (κ3) is 6.15. The SMILES string of the molecule is COc1ccc(CN2CC[C@]3(C(=O)N(COCC[Si](C)(C)C)c4ccc(Cl)cc43)[C@@H](c3ccc(Br)cc3[N+](=O)[O-])C2=O)cc1. The highest BCUT2D eigenvalue weighted by Gasteiger charge is 2.62. The van der Waals surface area contributed by atoms with Gasteiger partial charge in [-0.05, 0) is 60.0 Å². The summed E-state index contributed by atoms with van der Waals surface area (Å²) >= 11 is 9.85. The van der Waals surface area contributed by atoms with Gasteiger partial charge in [0.25, 0.3) is 5.69 Å². The van der Waals surface area contributed by atoms with E-state index < -0.39 is 24.3 Å². The summed E-state index contributed by atoms with van der Waals surface area (Å²) < 4.78 is 11.8. The molecule has 9 nitrogen and oxygen atoms in total. The normalized spacial score (nSPS) is 19.9. The molecule has 0 radical (unpaired) electrons. The molecule has 0 bridgehead atoms. The molecule has 0 aliphatic carbocycles. The summed E-state index contributed by atoms with van der Waals surface area (Å²) in [6.45, 7) is 7.83. The van der Waals surface area contributed by atoms with E-state index in [9.17, 15) is 19.7 Å². The fourth-order valence-corrected chi connectivity index (χ4v) is 7.41. The van der Waals surface area contributed by atoms with Gasteiger partial charge in [-0.2, -0.15) is 0 Å². The van der Waals surface area contributed by atoms with E-state index in [1.165, 1.54) is 6.07 Å². The number of benzene rings is 3. The van der Waals surface area contributed by atoms with Crippen molar-refractivity contribution in [2.45, 2.75) is 50.0 Å². The van der Waals surface area contributed by atoms with Crippen LogP contribution in [-0.2, 0) is 26.3 Å². The van der Waals surface area contributed by atoms with Gasteiger partial charge >= 0.3 is 0 Å². The lowest BCUT2D eigenvalue weighted by molar-refractivity contribution is -0.385. The number of hydrogen-bond acceptors (Lipinski definition) is 6. The second-order valence-corrected chi connectivity index (χ2v) is 19.4. The molecule has 3 aromatic carbocycles. The number of methoxy groups -OCH3 is 1. The summed E-state index contributed by atoms with van der Waals surface area (Å²) in [6.07, 6.45) is 0.254. The highest BCUT2D eigenvalue weighted by Crippen LogP contribution is 2.56. The smallest absolute Gasteiger partial charge is 0.274 e. The van der Waals surface area contributed by atoms with Crippen LogP contribution in [0.2, 0.25) is 30.7 Å². The van der Waals surface area contributed by atoms with Gasteiger partial charge in [-0.1, -0.05) is 65.4 Å². The lowest BCUT2D eigenvalue weighted by atomic mass is 9.63. The second-order valence-electron chi connectivity index (χ2n) is 12.5. The number of anilines is 1. The van der Waals surface area contributed by atoms with Crippen molar-refractivity contribution in [3.05, 3.63) is 97.0 Å². The van der Waals surface area contributed by atoms with Gasteiger partial charge in [-0.15, -0.1) is 0 Å². The molecule has 44 heavy (non-hydrogen) atoms. The van der Waals surface area contributed by atoms with Crippen molar-refractivity contribution in [1.82, 2.24) is 4.90 Å². The van der Waals surface area contributed by atoms with Crippen LogP contribution in [-0.4, -0.2) is 56.7 Å². The topological polar surface area (TPSA) is 102 Å². The maximum Gasteiger partial charge on any atom is 0.274 e. The molecule has 2 heterocycles. The van der Waals surface area contributed by atoms with Crippen molar-refractivity contribution in [2.24, 2.45) is 0 Å². The van der Waals surface area contributed by atoms with Crippen molar-refractivity contribution in [3.8, 4) is 5.75 Å². The predicted octanol–water partition coefficient (Wildman–Crippen LogP) is 7.13. The van der Waals surface area contributed by atoms with Crippen LogP contribution in [0.5, 0.6) is 5.75 Å². The molecule has 232 valence electrons. The minimum Gasteiger partial charge on any atom is -0.497 e. The van der Waals surface area contributed by atoms with Crippen LogP contribution in [0.1, 0.15) is 29.0 Å². The van der Waals surface area contributed by atoms with Gasteiger partial charge in [-0.25, -0.2) is 0 Å². The number of carbonyl (C=O) groups excluding carboxylic acids is 2. The van der Waals surface area contributed by atoms with Gasteiger partial charge in [0.1, 0.15) is 12.5 Å². The summed E-state index contributed by atoms with van der Waals surface area (Å²) in [5.74, 6) is -1.15. The molecule has 0 aromatic heterocycles. The Hall–Kier alpha value is -3.25. The van der Waals surface area contributed by atoms with E-state index in [4.69, 9.17) is 21.1 Å². The second kappa shape index (κ2) is 12.6. The minimum absolute atomic E-state index is 0.0125. The molecule has 2 aliphatic heterocycles. The molecule has 0 saturated carbocycles. The summed E-state index contributed by atoms with van der Waals surface area (Å²) in [6, 6.07) is 18.2. The standard InChI is InChI=1S/C32H35BrClN3O6Si/c1-42-24-9-5-21(6-10-24)19-35-14-13-32(29(30(35)38)25-11-7-22(33)17-28(25)37(40)41)26-18-23(34)8-12-27(26)36(31(32)39)20-43-15-16-44(2,3)4/h5-12,17-18,29H,13-16,19-20H2,1-4H3/t29-,32+/m0/s1. The van der Waals surface area contributed by atoms with E-state index in [2.05, 4.69) is 35.6 Å². The van der Waals surface area contributed by atoms with Crippen molar-refractivity contribution in [1.29, 1.82) is 0 Å². The van der Waals surface area contributed by atoms with Crippen LogP contribution in [0.15, 0.2) is 65.1 Å². The first-order chi connectivity index (χ1) is 20.9. The highest BCUT2D eigenvalue weighted by atomic mass is 79.9. The molecule has 5 rings (SSSR count). The number of amides is 2. The summed E-state index contributed by atoms with van der Waals surface area (Å²) in [4.78, 5) is 44.4. The van der Waals surface area contributed by atoms with Gasteiger partial charge in [0.15, 0.2) is 0 Å². The Labute approximate surface area is 271 Å². The van der Waals surface area contributed by atoms with Crippen molar-refractivity contribution < 1.29 is 24.0 Å². The van der Waals surface area contributed by atoms with E-state index in [0.717, 1.165) is 11.6 Å². The molecule has 1 spiro atoms. The van der Waals surface area contributed by atoms with Crippen LogP contribution in [0.4, 0.5) is 11.4 Å². The Balaban J connectivity index is 1.61. The molecule has 0 N–H and O–H groups in total. The number of carbonyl (C=O) groups is 2. The zero-order valence-corrected chi connectivity index (χ0v) is 28.5. The maximum atomic E-state index is 14.7. The first kappa shape index (κ1) is 32.1. The van der Waals surface area contributed by atoms with Crippen molar-refractivity contribution in [2.75, 3.05) is 31.9 Å². The number of nitro benzene ring substituents is 1. The molecule has 2 aliphatic rings. The molecule has 2 atom stereocenters. The van der Waals surface area contributed by atoms with Gasteiger partial charge in [-0.3, -0.25) is 24.6 Å². The summed E-state index contributed by atoms with van der Waals surface area (Å²) in [5.41, 5.74) is 0.608. The lowest BCUT2D eigenvalue weighted by Crippen LogP contribution is -2.56. The zero-order chi connectivity index (χ0) is 31.8. The molecule has 2 amide bonds. The number of nitrogens with zero attached hydrogens (tertiary/aromatic N) is 3. The van der Waals surface area contributed by atoms with Crippen LogP contribution in [0.3, 0.4) is 0 Å². The number of nitro groups is 1. The molecule has 0 unspecified atom stereocenters. The maximum absolute atomic E-state index is 14.7. The number of ether oxygens (including phenoxy) is 2. The molecular weight excluding hydrogens is 666 g/mol. The fourth-order valence-electron chi connectivity index (χ4n) is 6.13. The Kier molecular flexibility index (Phi) is 9.23. The first-order valence-corrected chi connectivity index (χ1v) is 19.3. The van der Waals surface area contributed by atoms with Crippen LogP contribution >= 0.6 is 27.5 Å². The molecule has 1 saturated heterocycles. The Morgan fingerprint density at radius 3 is 2.48 bits per heavy atom. The van der Waals surface area contributed by atoms with Gasteiger partial charge < -0.3 is 14.4 Å². The minimum atomic E-state index is -1.41. The largest absolute Gasteiger partial charge is 0.497 e. The molecule has 1 fully saturated rings. The molecular formula is C32H35BrClN3O6Si. The number of fused-ring (bicyclic) bond motifs is 2. The van der Waals surface area contributed by atoms with E-state index >= 15 is 0 Å². The van der Waals surface area contributed by atoms with Crippen LogP contribution in [0.25, 0.3) is 0 Å². The van der Waals surface area contributed by atoms with Gasteiger partial charge in [0.05, 0.1) is 29.1 Å². The van der Waals surface area contributed by atoms with Gasteiger partial charge in [0, 0.05) is 48.9 Å². The number of halogens is 2. The Morgan fingerprint density at radius 1 is 1.09 bits per heavy atom. The summed E-state index contributed by atoms with van der Waals surface area (Å²) in [5, 5.41) is 12.8. The molecule has 3 aromatic rings. The Morgan fingerprint density at radius 2 is 1.82 bits per heavy atom. The molecule has 12 heteroatoms. The predicted molar refractivity (Wildman–Crippen MR) is 176 cm³/mol. The Bertz CT molecular complexity index is 1600. The van der Waals surface area contributed by atoms with Crippen molar-refractivity contribution >= 4 is 58.8 Å². The van der Waals surface area contributed by atoms with E-state index in [0.29, 0.717) is 33.1 Å². The highest BCUT2D eigenvalue weighted by molar-refractivity contribution is 9.10. The quantitative estimate of drug-likeness (QED) is 0.0966. The van der Waals surface area contributed by atoms with Crippen LogP contribution < -0.4 is 9.64 Å². The summed E-state index contributed by atoms with van der Waals surface area (Å²) in [7, 11) is 0.214. The lowest BCUT2D eigenvalue weighted by Gasteiger charge is -2.44. The average molecular weight is 701 g/mol. The van der Waals surface area contributed by atoms with Crippen molar-refractivity contribution in [3.63, 3.8) is 0 Å². The third-order valence-electron chi connectivity index (χ3n) is 8.43. The zero-order valence-electron chi connectivity index (χ0n) is 25.1. The average Bonchev–Trinajstić information content (AvgIpc) is 3.19. The van der Waals surface area contributed by atoms with Crippen LogP contribution in [0, 0.1) is 10.1 Å². The first-order valence-electron chi connectivity index (χ1n) is 14.4. The number of likely N-dealkylation sites (tertiary alicyclic amines) is 1. The number of piperidine rings is 1. The monoisotopic (exact) mass is 699 g/mol. The number of rotatable bonds is 10.